The van der Waals surface area contributed by atoms with Crippen molar-refractivity contribution in [2.45, 2.75) is 57.5 Å². The van der Waals surface area contributed by atoms with E-state index < -0.39 is 17.0 Å². The quantitative estimate of drug-likeness (QED) is 0.746. The molecule has 1 aliphatic carbocycles. The normalized spacial score (nSPS) is 33.6. The van der Waals surface area contributed by atoms with Crippen LogP contribution in [0.4, 0.5) is 0 Å². The number of esters is 2. The van der Waals surface area contributed by atoms with Gasteiger partial charge >= 0.3 is 17.9 Å². The van der Waals surface area contributed by atoms with Crippen molar-refractivity contribution in [3.05, 3.63) is 0 Å². The summed E-state index contributed by atoms with van der Waals surface area (Å²) in [5.74, 6) is -2.01. The van der Waals surface area contributed by atoms with Gasteiger partial charge in [0.2, 0.25) is 0 Å². The highest BCUT2D eigenvalue weighted by atomic mass is 16.6. The Bertz CT molecular complexity index is 495. The molecule has 0 aromatic rings. The van der Waals surface area contributed by atoms with Crippen LogP contribution in [0.2, 0.25) is 0 Å². The van der Waals surface area contributed by atoms with Crippen LogP contribution in [0.5, 0.6) is 0 Å². The number of carboxylic acid groups (broad SMARTS) is 1. The lowest BCUT2D eigenvalue weighted by molar-refractivity contribution is -0.167. The third kappa shape index (κ3) is 4.22. The number of nitrogens with one attached hydrogen (secondary N) is 1. The van der Waals surface area contributed by atoms with Crippen LogP contribution < -0.4 is 5.32 Å². The summed E-state index contributed by atoms with van der Waals surface area (Å²) in [6.45, 7) is 5.55. The number of ether oxygens (including phenoxy) is 2. The molecule has 0 aromatic heterocycles. The minimum Gasteiger partial charge on any atom is -0.481 e. The molecule has 1 unspecified atom stereocenters. The average Bonchev–Trinajstić information content (AvgIpc) is 2.49. The van der Waals surface area contributed by atoms with Gasteiger partial charge in [-0.1, -0.05) is 0 Å². The van der Waals surface area contributed by atoms with E-state index in [-0.39, 0.29) is 37.0 Å². The predicted molar refractivity (Wildman–Crippen MR) is 80.6 cm³/mol. The van der Waals surface area contributed by atoms with Gasteiger partial charge in [-0.3, -0.25) is 19.7 Å². The molecule has 0 bridgehead atoms. The number of carbonyl (C=O) groups is 3. The van der Waals surface area contributed by atoms with Crippen LogP contribution in [-0.2, 0) is 23.9 Å². The highest BCUT2D eigenvalue weighted by Crippen LogP contribution is 2.30. The molecule has 2 fully saturated rings. The number of hydrogen-bond donors (Lipinski definition) is 2. The summed E-state index contributed by atoms with van der Waals surface area (Å²) in [5, 5.41) is 12.1. The van der Waals surface area contributed by atoms with E-state index in [0.29, 0.717) is 25.7 Å². The molecule has 1 saturated carbocycles. The molecule has 1 saturated heterocycles. The molecule has 0 amide bonds. The van der Waals surface area contributed by atoms with Crippen molar-refractivity contribution in [3.8, 4) is 0 Å². The Morgan fingerprint density at radius 1 is 1.22 bits per heavy atom. The maximum Gasteiger partial charge on any atom is 0.325 e. The van der Waals surface area contributed by atoms with Crippen molar-refractivity contribution in [3.63, 3.8) is 0 Å². The van der Waals surface area contributed by atoms with Gasteiger partial charge in [0, 0.05) is 0 Å². The first kappa shape index (κ1) is 17.7. The molecule has 0 aromatic carbocycles. The molecule has 2 aliphatic rings. The van der Waals surface area contributed by atoms with E-state index in [1.165, 1.54) is 0 Å². The fourth-order valence-electron chi connectivity index (χ4n) is 3.25. The van der Waals surface area contributed by atoms with Crippen molar-refractivity contribution in [1.82, 2.24) is 5.32 Å². The van der Waals surface area contributed by atoms with Crippen molar-refractivity contribution in [1.29, 1.82) is 0 Å². The van der Waals surface area contributed by atoms with E-state index in [4.69, 9.17) is 14.6 Å². The molecule has 130 valence electrons. The van der Waals surface area contributed by atoms with E-state index in [9.17, 15) is 14.4 Å². The van der Waals surface area contributed by atoms with Gasteiger partial charge in [-0.2, -0.15) is 0 Å². The zero-order valence-corrected chi connectivity index (χ0v) is 13.9. The fraction of sp³-hybridized carbons (Fsp3) is 0.812. The van der Waals surface area contributed by atoms with Crippen LogP contribution in [0.1, 0.15) is 46.5 Å². The summed E-state index contributed by atoms with van der Waals surface area (Å²) >= 11 is 0. The minimum atomic E-state index is -0.820. The van der Waals surface area contributed by atoms with Gasteiger partial charge in [-0.15, -0.1) is 0 Å². The molecular formula is C16H25NO6. The molecule has 0 spiro atoms. The number of carbonyl (C=O) groups excluding carboxylic acids is 2. The van der Waals surface area contributed by atoms with Gasteiger partial charge in [0.15, 0.2) is 0 Å². The third-order valence-electron chi connectivity index (χ3n) is 4.59. The largest absolute Gasteiger partial charge is 0.481 e. The zero-order valence-electron chi connectivity index (χ0n) is 13.9. The molecule has 1 heterocycles. The number of rotatable bonds is 4. The second-order valence-corrected chi connectivity index (χ2v) is 7.38. The highest BCUT2D eigenvalue weighted by Gasteiger charge is 2.44. The Balaban J connectivity index is 1.83. The molecule has 7 nitrogen and oxygen atoms in total. The SMILES string of the molecule is CC1(COC(=O)C2CCC(C(=O)O)CC2)COC(=O)C(C)(C)N1. The molecule has 0 radical (unpaired) electrons. The standard InChI is InChI=1S/C16H25NO6/c1-15(2)14(21)23-9-16(3,17-15)8-22-13(20)11-6-4-10(5-7-11)12(18)19/h10-11,17H,4-9H2,1-3H3,(H,18,19). The lowest BCUT2D eigenvalue weighted by atomic mass is 9.82. The first-order chi connectivity index (χ1) is 10.6. The monoisotopic (exact) mass is 327 g/mol. The Labute approximate surface area is 135 Å². The van der Waals surface area contributed by atoms with Crippen LogP contribution >= 0.6 is 0 Å². The number of morpholine rings is 1. The summed E-state index contributed by atoms with van der Waals surface area (Å²) in [5.41, 5.74) is -1.44. The zero-order chi connectivity index (χ0) is 17.3. The van der Waals surface area contributed by atoms with Crippen molar-refractivity contribution in [2.75, 3.05) is 13.2 Å². The van der Waals surface area contributed by atoms with Crippen molar-refractivity contribution < 1.29 is 29.0 Å². The maximum atomic E-state index is 12.2. The summed E-state index contributed by atoms with van der Waals surface area (Å²) < 4.78 is 10.6. The number of carboxylic acids is 1. The Hall–Kier alpha value is -1.63. The van der Waals surface area contributed by atoms with Gasteiger partial charge in [0.1, 0.15) is 18.8 Å². The molecule has 7 heteroatoms. The molecule has 2 N–H and O–H groups in total. The Morgan fingerprint density at radius 3 is 2.30 bits per heavy atom. The smallest absolute Gasteiger partial charge is 0.325 e. The third-order valence-corrected chi connectivity index (χ3v) is 4.59. The van der Waals surface area contributed by atoms with E-state index >= 15 is 0 Å². The Morgan fingerprint density at radius 2 is 1.78 bits per heavy atom. The molecule has 2 rings (SSSR count). The first-order valence-corrected chi connectivity index (χ1v) is 7.99. The lowest BCUT2D eigenvalue weighted by Gasteiger charge is -2.42. The number of hydrogen-bond acceptors (Lipinski definition) is 6. The molecule has 1 atom stereocenters. The highest BCUT2D eigenvalue weighted by molar-refractivity contribution is 5.81. The molecular weight excluding hydrogens is 302 g/mol. The number of aliphatic carboxylic acids is 1. The topological polar surface area (TPSA) is 102 Å². The van der Waals surface area contributed by atoms with E-state index in [1.54, 1.807) is 13.8 Å². The van der Waals surface area contributed by atoms with Crippen molar-refractivity contribution in [2.24, 2.45) is 11.8 Å². The van der Waals surface area contributed by atoms with Crippen molar-refractivity contribution >= 4 is 17.9 Å². The Kier molecular flexibility index (Phi) is 4.98. The van der Waals surface area contributed by atoms with Crippen LogP contribution in [-0.4, -0.2) is 47.3 Å². The minimum absolute atomic E-state index is 0.113. The lowest BCUT2D eigenvalue weighted by Crippen LogP contribution is -2.66. The fourth-order valence-corrected chi connectivity index (χ4v) is 3.25. The molecule has 1 aliphatic heterocycles. The van der Waals surface area contributed by atoms with E-state index in [2.05, 4.69) is 5.32 Å². The second-order valence-electron chi connectivity index (χ2n) is 7.38. The molecule has 23 heavy (non-hydrogen) atoms. The second kappa shape index (κ2) is 6.47. The summed E-state index contributed by atoms with van der Waals surface area (Å²) in [7, 11) is 0. The van der Waals surface area contributed by atoms with Gasteiger partial charge < -0.3 is 14.6 Å². The van der Waals surface area contributed by atoms with Gasteiger partial charge in [-0.05, 0) is 46.5 Å². The van der Waals surface area contributed by atoms with Gasteiger partial charge in [0.05, 0.1) is 17.4 Å². The summed E-state index contributed by atoms with van der Waals surface area (Å²) in [6.07, 6.45) is 2.10. The van der Waals surface area contributed by atoms with Crippen LogP contribution in [0.3, 0.4) is 0 Å². The van der Waals surface area contributed by atoms with Gasteiger partial charge in [0.25, 0.3) is 0 Å². The average molecular weight is 327 g/mol. The van der Waals surface area contributed by atoms with Gasteiger partial charge in [-0.25, -0.2) is 0 Å². The maximum absolute atomic E-state index is 12.2. The van der Waals surface area contributed by atoms with Crippen LogP contribution in [0, 0.1) is 11.8 Å². The predicted octanol–water partition coefficient (Wildman–Crippen LogP) is 1.10. The number of cyclic esters (lactones) is 1. The van der Waals surface area contributed by atoms with E-state index in [0.717, 1.165) is 0 Å². The van der Waals surface area contributed by atoms with Crippen LogP contribution in [0.25, 0.3) is 0 Å². The van der Waals surface area contributed by atoms with Crippen LogP contribution in [0.15, 0.2) is 0 Å². The summed E-state index contributed by atoms with van der Waals surface area (Å²) in [6, 6.07) is 0. The summed E-state index contributed by atoms with van der Waals surface area (Å²) in [4.78, 5) is 34.7. The first-order valence-electron chi connectivity index (χ1n) is 7.99. The van der Waals surface area contributed by atoms with E-state index in [1.807, 2.05) is 6.92 Å².